The van der Waals surface area contributed by atoms with Crippen molar-refractivity contribution in [3.05, 3.63) is 42.0 Å². The van der Waals surface area contributed by atoms with Gasteiger partial charge in [-0.3, -0.25) is 4.79 Å². The summed E-state index contributed by atoms with van der Waals surface area (Å²) in [6, 6.07) is 9.94. The summed E-state index contributed by atoms with van der Waals surface area (Å²) < 4.78 is 16.1. The van der Waals surface area contributed by atoms with Crippen LogP contribution >= 0.6 is 0 Å². The van der Waals surface area contributed by atoms with Crippen LogP contribution in [0.15, 0.2) is 39.4 Å². The van der Waals surface area contributed by atoms with E-state index in [1.165, 1.54) is 6.42 Å². The number of ether oxygens (including phenoxy) is 1. The van der Waals surface area contributed by atoms with Crippen LogP contribution in [0.2, 0.25) is 0 Å². The van der Waals surface area contributed by atoms with E-state index in [0.717, 1.165) is 87.9 Å². The average molecular weight is 505 g/mol. The third-order valence-electron chi connectivity index (χ3n) is 9.24. The van der Waals surface area contributed by atoms with Crippen LogP contribution in [0.5, 0.6) is 5.95 Å². The Morgan fingerprint density at radius 3 is 2.43 bits per heavy atom. The van der Waals surface area contributed by atoms with Gasteiger partial charge in [0.25, 0.3) is 0 Å². The minimum Gasteiger partial charge on any atom is -0.467 e. The normalized spacial score (nSPS) is 25.8. The van der Waals surface area contributed by atoms with Gasteiger partial charge in [0.05, 0.1) is 13.2 Å². The fourth-order valence-corrected chi connectivity index (χ4v) is 6.86. The number of carbonyl (C=O) groups excluding carboxylic acids is 1. The zero-order chi connectivity index (χ0) is 25.5. The molecule has 8 heteroatoms. The van der Waals surface area contributed by atoms with Crippen molar-refractivity contribution in [3.8, 4) is 17.2 Å². The average Bonchev–Trinajstić information content (AvgIpc) is 3.63. The maximum absolute atomic E-state index is 14.1. The predicted molar refractivity (Wildman–Crippen MR) is 138 cm³/mol. The van der Waals surface area contributed by atoms with E-state index >= 15 is 0 Å². The third kappa shape index (κ3) is 4.55. The lowest BCUT2D eigenvalue weighted by atomic mass is 9.53. The van der Waals surface area contributed by atoms with E-state index in [1.54, 1.807) is 13.2 Å². The molecule has 0 N–H and O–H groups in total. The molecule has 0 unspecified atom stereocenters. The molecule has 2 aromatic heterocycles. The number of methoxy groups -OCH3 is 1. The number of benzene rings is 1. The SMILES string of the molecule is COc1cc(-c2cccc(N(CC34CCC(c5nc(C)no5)(CC3)CC4)C(=O)C3CCCCC3)c2)no1. The van der Waals surface area contributed by atoms with Crippen molar-refractivity contribution >= 4 is 11.6 Å². The summed E-state index contributed by atoms with van der Waals surface area (Å²) in [5.41, 5.74) is 2.69. The lowest BCUT2D eigenvalue weighted by Crippen LogP contribution is -2.51. The topological polar surface area (TPSA) is 94.5 Å². The van der Waals surface area contributed by atoms with E-state index in [0.29, 0.717) is 17.5 Å². The molecule has 1 aromatic carbocycles. The zero-order valence-electron chi connectivity index (χ0n) is 21.9. The summed E-state index contributed by atoms with van der Waals surface area (Å²) in [4.78, 5) is 20.8. The van der Waals surface area contributed by atoms with Gasteiger partial charge in [0.15, 0.2) is 5.82 Å². The minimum absolute atomic E-state index is 0.00709. The molecular formula is C29H36N4O4. The Morgan fingerprint density at radius 2 is 1.78 bits per heavy atom. The Labute approximate surface area is 217 Å². The van der Waals surface area contributed by atoms with Crippen molar-refractivity contribution in [2.24, 2.45) is 11.3 Å². The van der Waals surface area contributed by atoms with Gasteiger partial charge in [0.2, 0.25) is 11.8 Å². The van der Waals surface area contributed by atoms with E-state index < -0.39 is 0 Å². The number of aryl methyl sites for hydroxylation is 1. The molecule has 4 aliphatic carbocycles. The van der Waals surface area contributed by atoms with Gasteiger partial charge in [0.1, 0.15) is 5.69 Å². The van der Waals surface area contributed by atoms with E-state index in [9.17, 15) is 4.79 Å². The molecule has 37 heavy (non-hydrogen) atoms. The van der Waals surface area contributed by atoms with Gasteiger partial charge in [-0.1, -0.05) is 41.7 Å². The fraction of sp³-hybridized carbons (Fsp3) is 0.586. The Bertz CT molecular complexity index is 1230. The first kappa shape index (κ1) is 24.2. The highest BCUT2D eigenvalue weighted by Gasteiger charge is 2.53. The van der Waals surface area contributed by atoms with E-state index in [4.69, 9.17) is 13.8 Å². The monoisotopic (exact) mass is 504 g/mol. The van der Waals surface area contributed by atoms with Gasteiger partial charge in [-0.15, -0.1) is 0 Å². The van der Waals surface area contributed by atoms with Crippen molar-refractivity contribution in [2.45, 2.75) is 83.0 Å². The number of amides is 1. The number of fused-ring (bicyclic) bond motifs is 3. The Hall–Kier alpha value is -3.16. The molecule has 0 aliphatic heterocycles. The van der Waals surface area contributed by atoms with Crippen LogP contribution in [-0.2, 0) is 10.2 Å². The lowest BCUT2D eigenvalue weighted by Gasteiger charge is -2.53. The Morgan fingerprint density at radius 1 is 1.03 bits per heavy atom. The maximum atomic E-state index is 14.1. The van der Waals surface area contributed by atoms with Crippen molar-refractivity contribution in [3.63, 3.8) is 0 Å². The second-order valence-electron chi connectivity index (χ2n) is 11.5. The fourth-order valence-electron chi connectivity index (χ4n) is 6.86. The smallest absolute Gasteiger partial charge is 0.311 e. The second kappa shape index (κ2) is 9.62. The number of carbonyl (C=O) groups is 1. The summed E-state index contributed by atoms with van der Waals surface area (Å²) in [5, 5.41) is 8.22. The summed E-state index contributed by atoms with van der Waals surface area (Å²) in [5.74, 6) is 2.27. The van der Waals surface area contributed by atoms with E-state index in [-0.39, 0.29) is 22.7 Å². The van der Waals surface area contributed by atoms with Crippen LogP contribution in [0.3, 0.4) is 0 Å². The molecule has 7 rings (SSSR count). The van der Waals surface area contributed by atoms with Gasteiger partial charge in [-0.05, 0) is 75.8 Å². The summed E-state index contributed by atoms with van der Waals surface area (Å²) >= 11 is 0. The van der Waals surface area contributed by atoms with Crippen LogP contribution < -0.4 is 9.64 Å². The van der Waals surface area contributed by atoms with Crippen molar-refractivity contribution in [1.82, 2.24) is 15.3 Å². The molecule has 0 radical (unpaired) electrons. The molecule has 0 saturated heterocycles. The highest BCUT2D eigenvalue weighted by atomic mass is 16.6. The number of aromatic nitrogens is 3. The Balaban J connectivity index is 1.28. The molecule has 196 valence electrons. The number of anilines is 1. The highest BCUT2D eigenvalue weighted by molar-refractivity contribution is 5.95. The first-order valence-corrected chi connectivity index (χ1v) is 13.7. The molecule has 4 aliphatic rings. The number of nitrogens with zero attached hydrogens (tertiary/aromatic N) is 4. The van der Waals surface area contributed by atoms with E-state index in [2.05, 4.69) is 32.3 Å². The molecule has 4 saturated carbocycles. The molecule has 0 spiro atoms. The molecular weight excluding hydrogens is 468 g/mol. The molecule has 1 amide bonds. The van der Waals surface area contributed by atoms with Crippen LogP contribution in [0.25, 0.3) is 11.3 Å². The van der Waals surface area contributed by atoms with Crippen LogP contribution in [0.1, 0.15) is 82.3 Å². The lowest BCUT2D eigenvalue weighted by molar-refractivity contribution is -0.124. The van der Waals surface area contributed by atoms with Gasteiger partial charge in [0, 0.05) is 29.1 Å². The standard InChI is InChI=1S/C29H36N4O4/c1-20-30-27(37-31-20)29-14-11-28(12-15-29,13-16-29)19-33(26(34)21-7-4-3-5-8-21)23-10-6-9-22(17-23)24-18-25(35-2)36-32-24/h6,9-10,17-18,21H,3-5,7-8,11-16,19H2,1-2H3. The van der Waals surface area contributed by atoms with Crippen molar-refractivity contribution in [2.75, 3.05) is 18.6 Å². The highest BCUT2D eigenvalue weighted by Crippen LogP contribution is 2.58. The molecule has 3 aromatic rings. The molecule has 2 heterocycles. The first-order chi connectivity index (χ1) is 18.0. The van der Waals surface area contributed by atoms with Crippen molar-refractivity contribution in [1.29, 1.82) is 0 Å². The third-order valence-corrected chi connectivity index (χ3v) is 9.24. The summed E-state index contributed by atoms with van der Waals surface area (Å²) in [6.45, 7) is 2.64. The van der Waals surface area contributed by atoms with Crippen molar-refractivity contribution < 1.29 is 18.6 Å². The van der Waals surface area contributed by atoms with Gasteiger partial charge >= 0.3 is 5.95 Å². The van der Waals surface area contributed by atoms with Crippen LogP contribution in [-0.4, -0.2) is 34.9 Å². The van der Waals surface area contributed by atoms with Crippen LogP contribution in [0, 0.1) is 18.3 Å². The number of hydrogen-bond acceptors (Lipinski definition) is 7. The van der Waals surface area contributed by atoms with Gasteiger partial charge in [-0.25, -0.2) is 0 Å². The van der Waals surface area contributed by atoms with Crippen LogP contribution in [0.4, 0.5) is 5.69 Å². The number of rotatable bonds is 7. The summed E-state index contributed by atoms with van der Waals surface area (Å²) in [7, 11) is 1.56. The quantitative estimate of drug-likeness (QED) is 0.375. The molecule has 8 nitrogen and oxygen atoms in total. The van der Waals surface area contributed by atoms with E-state index in [1.807, 2.05) is 19.1 Å². The number of hydrogen-bond donors (Lipinski definition) is 0. The van der Waals surface area contributed by atoms with Gasteiger partial charge in [-0.2, -0.15) is 4.98 Å². The zero-order valence-corrected chi connectivity index (χ0v) is 21.9. The predicted octanol–water partition coefficient (Wildman–Crippen LogP) is 6.25. The summed E-state index contributed by atoms with van der Waals surface area (Å²) in [6.07, 6.45) is 11.8. The maximum Gasteiger partial charge on any atom is 0.311 e. The molecule has 0 atom stereocenters. The largest absolute Gasteiger partial charge is 0.467 e. The molecule has 2 bridgehead atoms. The second-order valence-corrected chi connectivity index (χ2v) is 11.5. The van der Waals surface area contributed by atoms with Gasteiger partial charge < -0.3 is 18.7 Å². The Kier molecular flexibility index (Phi) is 6.29. The first-order valence-electron chi connectivity index (χ1n) is 13.7. The molecule has 4 fully saturated rings. The minimum atomic E-state index is 0.00709.